The number of amides is 1. The first-order chi connectivity index (χ1) is 16.3. The zero-order chi connectivity index (χ0) is 24.3. The summed E-state index contributed by atoms with van der Waals surface area (Å²) in [7, 11) is 0.143. The van der Waals surface area contributed by atoms with Crippen molar-refractivity contribution in [3.63, 3.8) is 0 Å². The normalized spacial score (nSPS) is 16.0. The van der Waals surface area contributed by atoms with Crippen LogP contribution in [0.2, 0.25) is 5.02 Å². The number of fused-ring (bicyclic) bond motifs is 1. The maximum atomic E-state index is 13.5. The van der Waals surface area contributed by atoms with E-state index < -0.39 is 16.1 Å². The van der Waals surface area contributed by atoms with Gasteiger partial charge in [-0.25, -0.2) is 8.42 Å². The van der Waals surface area contributed by atoms with Gasteiger partial charge in [0.15, 0.2) is 0 Å². The number of hydrogen-bond acceptors (Lipinski definition) is 4. The molecule has 0 fully saturated rings. The van der Waals surface area contributed by atoms with Crippen LogP contribution in [0.5, 0.6) is 0 Å². The molecule has 1 N–H and O–H groups in total. The lowest BCUT2D eigenvalue weighted by Gasteiger charge is -2.36. The SMILES string of the molecule is CN(C)c1ccc(CNC(=O)CC2c3ccccc3CCN2S(=O)(=O)c2ccc(Cl)cc2)cc1. The molecule has 1 aliphatic heterocycles. The average molecular weight is 498 g/mol. The monoisotopic (exact) mass is 497 g/mol. The molecule has 1 amide bonds. The van der Waals surface area contributed by atoms with Crippen LogP contribution >= 0.6 is 11.6 Å². The summed E-state index contributed by atoms with van der Waals surface area (Å²) >= 11 is 5.96. The summed E-state index contributed by atoms with van der Waals surface area (Å²) in [5.41, 5.74) is 4.00. The van der Waals surface area contributed by atoms with E-state index in [1.165, 1.54) is 16.4 Å². The topological polar surface area (TPSA) is 69.7 Å². The van der Waals surface area contributed by atoms with Crippen molar-refractivity contribution in [1.82, 2.24) is 9.62 Å². The van der Waals surface area contributed by atoms with Crippen molar-refractivity contribution in [1.29, 1.82) is 0 Å². The quantitative estimate of drug-likeness (QED) is 0.525. The first kappa shape index (κ1) is 24.3. The molecule has 3 aromatic rings. The molecule has 0 aliphatic carbocycles. The number of benzene rings is 3. The smallest absolute Gasteiger partial charge is 0.243 e. The molecule has 0 aromatic heterocycles. The van der Waals surface area contributed by atoms with Crippen molar-refractivity contribution in [2.24, 2.45) is 0 Å². The second-order valence-corrected chi connectivity index (χ2v) is 10.9. The van der Waals surface area contributed by atoms with E-state index in [9.17, 15) is 13.2 Å². The van der Waals surface area contributed by atoms with Crippen LogP contribution in [0.25, 0.3) is 0 Å². The Morgan fingerprint density at radius 2 is 1.71 bits per heavy atom. The molecule has 3 aromatic carbocycles. The van der Waals surface area contributed by atoms with Gasteiger partial charge in [-0.1, -0.05) is 48.0 Å². The molecule has 0 saturated carbocycles. The van der Waals surface area contributed by atoms with Crippen LogP contribution in [0.3, 0.4) is 0 Å². The Labute approximate surface area is 206 Å². The van der Waals surface area contributed by atoms with Gasteiger partial charge < -0.3 is 10.2 Å². The van der Waals surface area contributed by atoms with Gasteiger partial charge in [0.1, 0.15) is 0 Å². The average Bonchev–Trinajstić information content (AvgIpc) is 2.83. The van der Waals surface area contributed by atoms with Crippen molar-refractivity contribution >= 4 is 33.2 Å². The van der Waals surface area contributed by atoms with E-state index in [1.807, 2.05) is 67.5 Å². The number of sulfonamides is 1. The molecular formula is C26H28ClN3O3S. The summed E-state index contributed by atoms with van der Waals surface area (Å²) in [5.74, 6) is -0.199. The third-order valence-corrected chi connectivity index (χ3v) is 8.28. The van der Waals surface area contributed by atoms with Gasteiger partial charge in [-0.3, -0.25) is 4.79 Å². The predicted molar refractivity (Wildman–Crippen MR) is 135 cm³/mol. The highest BCUT2D eigenvalue weighted by atomic mass is 35.5. The molecule has 1 aliphatic rings. The van der Waals surface area contributed by atoms with Crippen LogP contribution in [0.15, 0.2) is 77.7 Å². The Bertz CT molecular complexity index is 1260. The van der Waals surface area contributed by atoms with Gasteiger partial charge in [-0.15, -0.1) is 0 Å². The van der Waals surface area contributed by atoms with Gasteiger partial charge in [0.2, 0.25) is 15.9 Å². The van der Waals surface area contributed by atoms with Crippen molar-refractivity contribution in [3.8, 4) is 0 Å². The van der Waals surface area contributed by atoms with Crippen molar-refractivity contribution in [3.05, 3.63) is 94.5 Å². The number of anilines is 1. The zero-order valence-electron chi connectivity index (χ0n) is 19.2. The van der Waals surface area contributed by atoms with Crippen molar-refractivity contribution in [2.75, 3.05) is 25.5 Å². The zero-order valence-corrected chi connectivity index (χ0v) is 20.8. The van der Waals surface area contributed by atoms with Gasteiger partial charge in [0.05, 0.1) is 10.9 Å². The maximum absolute atomic E-state index is 13.5. The Balaban J connectivity index is 1.54. The Hall–Kier alpha value is -2.87. The number of carbonyl (C=O) groups excluding carboxylic acids is 1. The summed E-state index contributed by atoms with van der Waals surface area (Å²) in [6.07, 6.45) is 0.638. The van der Waals surface area contributed by atoms with E-state index in [4.69, 9.17) is 11.6 Å². The molecule has 4 rings (SSSR count). The van der Waals surface area contributed by atoms with Crippen LogP contribution in [0.1, 0.15) is 29.2 Å². The molecule has 1 unspecified atom stereocenters. The molecule has 1 heterocycles. The maximum Gasteiger partial charge on any atom is 0.243 e. The third kappa shape index (κ3) is 5.27. The minimum absolute atomic E-state index is 0.0413. The van der Waals surface area contributed by atoms with Crippen LogP contribution in [-0.4, -0.2) is 39.3 Å². The number of nitrogens with zero attached hydrogens (tertiary/aromatic N) is 2. The lowest BCUT2D eigenvalue weighted by atomic mass is 9.92. The summed E-state index contributed by atoms with van der Waals surface area (Å²) < 4.78 is 28.5. The molecular weight excluding hydrogens is 470 g/mol. The minimum Gasteiger partial charge on any atom is -0.378 e. The number of carbonyl (C=O) groups is 1. The Kier molecular flexibility index (Phi) is 7.26. The van der Waals surface area contributed by atoms with Gasteiger partial charge in [-0.2, -0.15) is 4.31 Å². The number of nitrogens with one attached hydrogen (secondary N) is 1. The van der Waals surface area contributed by atoms with E-state index in [0.717, 1.165) is 22.4 Å². The molecule has 1 atom stereocenters. The van der Waals surface area contributed by atoms with Gasteiger partial charge in [0.25, 0.3) is 0 Å². The first-order valence-electron chi connectivity index (χ1n) is 11.1. The fourth-order valence-corrected chi connectivity index (χ4v) is 5.96. The van der Waals surface area contributed by atoms with Gasteiger partial charge in [-0.05, 0) is 59.5 Å². The Morgan fingerprint density at radius 3 is 2.38 bits per heavy atom. The van der Waals surface area contributed by atoms with E-state index in [1.54, 1.807) is 12.1 Å². The van der Waals surface area contributed by atoms with Crippen LogP contribution in [0, 0.1) is 0 Å². The number of halogens is 1. The molecule has 0 bridgehead atoms. The van der Waals surface area contributed by atoms with Crippen LogP contribution in [0.4, 0.5) is 5.69 Å². The Morgan fingerprint density at radius 1 is 1.03 bits per heavy atom. The standard InChI is InChI=1S/C26H28ClN3O3S/c1-29(2)22-11-7-19(8-12-22)18-28-26(31)17-25-24-6-4-3-5-20(24)15-16-30(25)34(32,33)23-13-9-21(27)10-14-23/h3-14,25H,15-18H2,1-2H3,(H,28,31). The summed E-state index contributed by atoms with van der Waals surface area (Å²) in [5, 5.41) is 3.42. The van der Waals surface area contributed by atoms with E-state index in [2.05, 4.69) is 5.32 Å². The second kappa shape index (κ2) is 10.2. The molecule has 0 spiro atoms. The highest BCUT2D eigenvalue weighted by Crippen LogP contribution is 2.36. The van der Waals surface area contributed by atoms with Gasteiger partial charge >= 0.3 is 0 Å². The van der Waals surface area contributed by atoms with E-state index in [0.29, 0.717) is 24.5 Å². The summed E-state index contributed by atoms with van der Waals surface area (Å²) in [6, 6.07) is 21.2. The highest BCUT2D eigenvalue weighted by Gasteiger charge is 2.37. The van der Waals surface area contributed by atoms with E-state index >= 15 is 0 Å². The fourth-order valence-electron chi connectivity index (χ4n) is 4.23. The highest BCUT2D eigenvalue weighted by molar-refractivity contribution is 7.89. The second-order valence-electron chi connectivity index (χ2n) is 8.58. The van der Waals surface area contributed by atoms with Crippen molar-refractivity contribution in [2.45, 2.75) is 30.3 Å². The summed E-state index contributed by atoms with van der Waals surface area (Å²) in [4.78, 5) is 15.1. The lowest BCUT2D eigenvalue weighted by molar-refractivity contribution is -0.122. The molecule has 34 heavy (non-hydrogen) atoms. The lowest BCUT2D eigenvalue weighted by Crippen LogP contribution is -2.42. The minimum atomic E-state index is -3.81. The first-order valence-corrected chi connectivity index (χ1v) is 13.0. The van der Waals surface area contributed by atoms with Crippen molar-refractivity contribution < 1.29 is 13.2 Å². The molecule has 8 heteroatoms. The number of rotatable bonds is 7. The van der Waals surface area contributed by atoms with E-state index in [-0.39, 0.29) is 17.2 Å². The molecule has 0 radical (unpaired) electrons. The molecule has 0 saturated heterocycles. The predicted octanol–water partition coefficient (Wildman–Crippen LogP) is 4.40. The fraction of sp³-hybridized carbons (Fsp3) is 0.269. The largest absolute Gasteiger partial charge is 0.378 e. The molecule has 6 nitrogen and oxygen atoms in total. The molecule has 178 valence electrons. The third-order valence-electron chi connectivity index (χ3n) is 6.10. The van der Waals surface area contributed by atoms with Crippen LogP contribution < -0.4 is 10.2 Å². The summed E-state index contributed by atoms with van der Waals surface area (Å²) in [6.45, 7) is 0.691. The number of hydrogen-bond donors (Lipinski definition) is 1. The van der Waals surface area contributed by atoms with Gasteiger partial charge in [0, 0.05) is 44.3 Å². The van der Waals surface area contributed by atoms with Crippen LogP contribution in [-0.2, 0) is 27.8 Å².